The summed E-state index contributed by atoms with van der Waals surface area (Å²) in [5.41, 5.74) is 7.74. The maximum absolute atomic E-state index is 12.2. The summed E-state index contributed by atoms with van der Waals surface area (Å²) in [6, 6.07) is 9.71. The van der Waals surface area contributed by atoms with Crippen LogP contribution in [0.5, 0.6) is 0 Å². The van der Waals surface area contributed by atoms with Crippen molar-refractivity contribution in [3.05, 3.63) is 59.9 Å². The fraction of sp³-hybridized carbons (Fsp3) is 0.214. The topological polar surface area (TPSA) is 73.0 Å². The number of hydrogen-bond acceptors (Lipinski definition) is 4. The van der Waals surface area contributed by atoms with Gasteiger partial charge in [-0.15, -0.1) is 0 Å². The van der Waals surface area contributed by atoms with Gasteiger partial charge in [-0.05, 0) is 36.8 Å². The Bertz CT molecular complexity index is 637. The third-order valence-corrected chi connectivity index (χ3v) is 4.70. The molecule has 0 saturated heterocycles. The lowest BCUT2D eigenvalue weighted by Crippen LogP contribution is -2.21. The van der Waals surface area contributed by atoms with Gasteiger partial charge in [0, 0.05) is 18.4 Å². The highest BCUT2D eigenvalue weighted by Gasteiger charge is 2.19. The summed E-state index contributed by atoms with van der Waals surface area (Å²) in [7, 11) is -3.37. The van der Waals surface area contributed by atoms with Crippen molar-refractivity contribution in [3.63, 3.8) is 0 Å². The van der Waals surface area contributed by atoms with Crippen molar-refractivity contribution in [2.75, 3.05) is 5.75 Å². The van der Waals surface area contributed by atoms with Crippen LogP contribution >= 0.6 is 0 Å². The summed E-state index contributed by atoms with van der Waals surface area (Å²) in [6.45, 7) is 1.92. The van der Waals surface area contributed by atoms with Crippen LogP contribution in [0.3, 0.4) is 0 Å². The van der Waals surface area contributed by atoms with E-state index in [-0.39, 0.29) is 5.75 Å². The van der Waals surface area contributed by atoms with Crippen LogP contribution in [0.15, 0.2) is 53.7 Å². The average Bonchev–Trinajstić information content (AvgIpc) is 2.40. The molecule has 0 aliphatic carbocycles. The van der Waals surface area contributed by atoms with E-state index in [1.165, 1.54) is 0 Å². The molecule has 2 rings (SSSR count). The number of nitrogens with two attached hydrogens (primary N) is 1. The minimum atomic E-state index is -3.37. The zero-order chi connectivity index (χ0) is 13.9. The van der Waals surface area contributed by atoms with Gasteiger partial charge in [-0.3, -0.25) is 4.98 Å². The molecule has 0 spiro atoms. The Balaban J connectivity index is 2.20. The number of aryl methyl sites for hydroxylation is 1. The number of nitrogens with zero attached hydrogens (tertiary/aromatic N) is 1. The fourth-order valence-corrected chi connectivity index (χ4v) is 3.19. The van der Waals surface area contributed by atoms with Gasteiger partial charge in [-0.25, -0.2) is 8.42 Å². The number of benzene rings is 1. The normalized spacial score (nSPS) is 13.2. The maximum Gasteiger partial charge on any atom is 0.180 e. The second-order valence-electron chi connectivity index (χ2n) is 4.48. The number of pyridine rings is 1. The van der Waals surface area contributed by atoms with E-state index in [4.69, 9.17) is 5.73 Å². The van der Waals surface area contributed by atoms with E-state index in [0.717, 1.165) is 11.1 Å². The molecular formula is C14H16N2O2S. The molecule has 0 amide bonds. The smallest absolute Gasteiger partial charge is 0.180 e. The first-order chi connectivity index (χ1) is 8.99. The molecule has 4 nitrogen and oxygen atoms in total. The van der Waals surface area contributed by atoms with Gasteiger partial charge >= 0.3 is 0 Å². The molecule has 1 unspecified atom stereocenters. The number of aromatic nitrogens is 1. The van der Waals surface area contributed by atoms with Crippen LogP contribution < -0.4 is 5.73 Å². The lowest BCUT2D eigenvalue weighted by molar-refractivity contribution is 0.589. The van der Waals surface area contributed by atoms with Gasteiger partial charge < -0.3 is 5.73 Å². The molecule has 2 aromatic rings. The predicted molar refractivity (Wildman–Crippen MR) is 74.4 cm³/mol. The van der Waals surface area contributed by atoms with Gasteiger partial charge in [0.05, 0.1) is 10.6 Å². The predicted octanol–water partition coefficient (Wildman–Crippen LogP) is 1.86. The van der Waals surface area contributed by atoms with Gasteiger partial charge in [0.2, 0.25) is 0 Å². The van der Waals surface area contributed by atoms with E-state index in [0.29, 0.717) is 4.90 Å². The van der Waals surface area contributed by atoms with E-state index in [1.54, 1.807) is 48.8 Å². The van der Waals surface area contributed by atoms with Crippen LogP contribution in [0.2, 0.25) is 0 Å². The highest BCUT2D eigenvalue weighted by molar-refractivity contribution is 7.91. The Morgan fingerprint density at radius 2 is 1.68 bits per heavy atom. The molecule has 0 radical (unpaired) electrons. The first kappa shape index (κ1) is 13.7. The minimum absolute atomic E-state index is 0.111. The highest BCUT2D eigenvalue weighted by atomic mass is 32.2. The number of sulfone groups is 1. The molecule has 0 bridgehead atoms. The van der Waals surface area contributed by atoms with Crippen molar-refractivity contribution >= 4 is 9.84 Å². The van der Waals surface area contributed by atoms with Crippen molar-refractivity contribution in [2.45, 2.75) is 17.9 Å². The van der Waals surface area contributed by atoms with Crippen LogP contribution in [0.1, 0.15) is 17.2 Å². The quantitative estimate of drug-likeness (QED) is 0.925. The van der Waals surface area contributed by atoms with Crippen LogP contribution in [0.25, 0.3) is 0 Å². The molecular weight excluding hydrogens is 260 g/mol. The van der Waals surface area contributed by atoms with Crippen LogP contribution in [0, 0.1) is 6.92 Å². The van der Waals surface area contributed by atoms with Gasteiger partial charge in [-0.1, -0.05) is 17.7 Å². The molecule has 2 N–H and O–H groups in total. The molecule has 5 heteroatoms. The Morgan fingerprint density at radius 1 is 1.11 bits per heavy atom. The minimum Gasteiger partial charge on any atom is -0.323 e. The number of hydrogen-bond donors (Lipinski definition) is 1. The van der Waals surface area contributed by atoms with E-state index in [9.17, 15) is 8.42 Å². The Hall–Kier alpha value is -1.72. The third kappa shape index (κ3) is 3.39. The molecule has 1 heterocycles. The van der Waals surface area contributed by atoms with Gasteiger partial charge in [0.15, 0.2) is 9.84 Å². The van der Waals surface area contributed by atoms with Crippen molar-refractivity contribution in [2.24, 2.45) is 5.73 Å². The SMILES string of the molecule is Cc1ccc(S(=O)(=O)CC(N)c2ccncc2)cc1. The summed E-state index contributed by atoms with van der Waals surface area (Å²) in [5.74, 6) is -0.111. The molecule has 19 heavy (non-hydrogen) atoms. The largest absolute Gasteiger partial charge is 0.323 e. The summed E-state index contributed by atoms with van der Waals surface area (Å²) in [4.78, 5) is 4.20. The Kier molecular flexibility index (Phi) is 3.97. The molecule has 0 aliphatic heterocycles. The molecule has 1 aromatic carbocycles. The van der Waals surface area contributed by atoms with Crippen molar-refractivity contribution < 1.29 is 8.42 Å². The van der Waals surface area contributed by atoms with Crippen molar-refractivity contribution in [3.8, 4) is 0 Å². The monoisotopic (exact) mass is 276 g/mol. The molecule has 100 valence electrons. The first-order valence-corrected chi connectivity index (χ1v) is 7.59. The third-order valence-electron chi connectivity index (χ3n) is 2.91. The summed E-state index contributed by atoms with van der Waals surface area (Å²) in [5, 5.41) is 0. The van der Waals surface area contributed by atoms with Gasteiger partial charge in [0.1, 0.15) is 0 Å². The summed E-state index contributed by atoms with van der Waals surface area (Å²) in [6.07, 6.45) is 3.21. The summed E-state index contributed by atoms with van der Waals surface area (Å²) >= 11 is 0. The standard InChI is InChI=1S/C14H16N2O2S/c1-11-2-4-13(5-3-11)19(17,18)10-14(15)12-6-8-16-9-7-12/h2-9,14H,10,15H2,1H3. The van der Waals surface area contributed by atoms with Gasteiger partial charge in [-0.2, -0.15) is 0 Å². The van der Waals surface area contributed by atoms with Crippen LogP contribution in [0.4, 0.5) is 0 Å². The van der Waals surface area contributed by atoms with E-state index >= 15 is 0 Å². The van der Waals surface area contributed by atoms with Crippen molar-refractivity contribution in [1.29, 1.82) is 0 Å². The van der Waals surface area contributed by atoms with E-state index in [1.807, 2.05) is 6.92 Å². The Morgan fingerprint density at radius 3 is 2.26 bits per heavy atom. The van der Waals surface area contributed by atoms with E-state index in [2.05, 4.69) is 4.98 Å². The molecule has 0 saturated carbocycles. The maximum atomic E-state index is 12.2. The molecule has 0 fully saturated rings. The molecule has 1 aromatic heterocycles. The van der Waals surface area contributed by atoms with Gasteiger partial charge in [0.25, 0.3) is 0 Å². The van der Waals surface area contributed by atoms with Crippen LogP contribution in [-0.2, 0) is 9.84 Å². The van der Waals surface area contributed by atoms with Crippen LogP contribution in [-0.4, -0.2) is 19.2 Å². The Labute approximate surface area is 113 Å². The average molecular weight is 276 g/mol. The molecule has 1 atom stereocenters. The van der Waals surface area contributed by atoms with E-state index < -0.39 is 15.9 Å². The summed E-state index contributed by atoms with van der Waals surface area (Å²) < 4.78 is 24.5. The first-order valence-electron chi connectivity index (χ1n) is 5.94. The zero-order valence-electron chi connectivity index (χ0n) is 10.7. The second kappa shape index (κ2) is 5.50. The highest BCUT2D eigenvalue weighted by Crippen LogP contribution is 2.18. The fourth-order valence-electron chi connectivity index (χ4n) is 1.79. The number of rotatable bonds is 4. The lowest BCUT2D eigenvalue weighted by atomic mass is 10.1. The lowest BCUT2D eigenvalue weighted by Gasteiger charge is -2.12. The zero-order valence-corrected chi connectivity index (χ0v) is 11.5. The second-order valence-corrected chi connectivity index (χ2v) is 6.52. The molecule has 0 aliphatic rings. The van der Waals surface area contributed by atoms with Crippen molar-refractivity contribution in [1.82, 2.24) is 4.98 Å².